The Morgan fingerprint density at radius 2 is 1.95 bits per heavy atom. The highest BCUT2D eigenvalue weighted by Crippen LogP contribution is 2.09. The van der Waals surface area contributed by atoms with Gasteiger partial charge in [-0.3, -0.25) is 4.98 Å². The molecule has 1 fully saturated rings. The van der Waals surface area contributed by atoms with Crippen molar-refractivity contribution in [1.29, 1.82) is 0 Å². The molecular weight excluding hydrogens is 264 g/mol. The van der Waals surface area contributed by atoms with Gasteiger partial charge >= 0.3 is 0 Å². The number of aromatic nitrogens is 1. The molecule has 0 aromatic carbocycles. The molecule has 0 atom stereocenters. The number of hydrogen-bond acceptors (Lipinski definition) is 4. The van der Waals surface area contributed by atoms with Gasteiger partial charge in [0.05, 0.1) is 0 Å². The standard InChI is InChI=1S/C12H20N4O2S/c1-15(9-4-12-2-5-13-6-3-12)19(17,18)16-10-7-14-8-11-16/h2-3,5-6,14H,4,7-11H2,1H3. The summed E-state index contributed by atoms with van der Waals surface area (Å²) < 4.78 is 27.6. The van der Waals surface area contributed by atoms with E-state index in [1.807, 2.05) is 12.1 Å². The lowest BCUT2D eigenvalue weighted by molar-refractivity contribution is 0.327. The van der Waals surface area contributed by atoms with E-state index in [0.29, 0.717) is 26.1 Å². The topological polar surface area (TPSA) is 65.5 Å². The number of rotatable bonds is 5. The lowest BCUT2D eigenvalue weighted by atomic mass is 10.2. The number of hydrogen-bond donors (Lipinski definition) is 1. The number of nitrogens with zero attached hydrogens (tertiary/aromatic N) is 3. The van der Waals surface area contributed by atoms with Crippen LogP contribution in [0.15, 0.2) is 24.5 Å². The first-order chi connectivity index (χ1) is 9.10. The fourth-order valence-electron chi connectivity index (χ4n) is 2.02. The lowest BCUT2D eigenvalue weighted by Crippen LogP contribution is -2.51. The summed E-state index contributed by atoms with van der Waals surface area (Å²) in [4.78, 5) is 3.95. The van der Waals surface area contributed by atoms with E-state index in [-0.39, 0.29) is 0 Å². The van der Waals surface area contributed by atoms with Gasteiger partial charge in [0.1, 0.15) is 0 Å². The molecule has 2 heterocycles. The minimum atomic E-state index is -3.32. The van der Waals surface area contributed by atoms with Gasteiger partial charge in [0.15, 0.2) is 0 Å². The molecule has 106 valence electrons. The molecule has 7 heteroatoms. The van der Waals surface area contributed by atoms with E-state index in [0.717, 1.165) is 18.7 Å². The van der Waals surface area contributed by atoms with Gasteiger partial charge in [0, 0.05) is 52.2 Å². The third-order valence-corrected chi connectivity index (χ3v) is 5.25. The highest BCUT2D eigenvalue weighted by atomic mass is 32.2. The Morgan fingerprint density at radius 3 is 2.58 bits per heavy atom. The highest BCUT2D eigenvalue weighted by molar-refractivity contribution is 7.86. The van der Waals surface area contributed by atoms with Crippen molar-refractivity contribution in [3.8, 4) is 0 Å². The van der Waals surface area contributed by atoms with Crippen LogP contribution in [-0.4, -0.2) is 61.8 Å². The second kappa shape index (κ2) is 6.42. The third kappa shape index (κ3) is 3.73. The summed E-state index contributed by atoms with van der Waals surface area (Å²) in [7, 11) is -1.68. The monoisotopic (exact) mass is 284 g/mol. The zero-order valence-electron chi connectivity index (χ0n) is 11.1. The Balaban J connectivity index is 1.93. The van der Waals surface area contributed by atoms with E-state index in [2.05, 4.69) is 10.3 Å². The summed E-state index contributed by atoms with van der Waals surface area (Å²) in [5, 5.41) is 3.15. The maximum atomic E-state index is 12.3. The highest BCUT2D eigenvalue weighted by Gasteiger charge is 2.27. The number of pyridine rings is 1. The molecule has 2 rings (SSSR count). The first-order valence-corrected chi connectivity index (χ1v) is 7.81. The molecule has 0 radical (unpaired) electrons. The van der Waals surface area contributed by atoms with Gasteiger partial charge in [-0.15, -0.1) is 0 Å². The Kier molecular flexibility index (Phi) is 4.87. The second-order valence-electron chi connectivity index (χ2n) is 4.58. The van der Waals surface area contributed by atoms with Gasteiger partial charge in [-0.25, -0.2) is 0 Å². The molecule has 0 spiro atoms. The number of nitrogens with one attached hydrogen (secondary N) is 1. The van der Waals surface area contributed by atoms with E-state index in [1.165, 1.54) is 8.61 Å². The molecule has 19 heavy (non-hydrogen) atoms. The van der Waals surface area contributed by atoms with Gasteiger partial charge < -0.3 is 5.32 Å². The van der Waals surface area contributed by atoms with Crippen LogP contribution in [0.4, 0.5) is 0 Å². The van der Waals surface area contributed by atoms with E-state index in [1.54, 1.807) is 19.4 Å². The van der Waals surface area contributed by atoms with Crippen LogP contribution >= 0.6 is 0 Å². The predicted molar refractivity (Wildman–Crippen MR) is 73.9 cm³/mol. The van der Waals surface area contributed by atoms with Crippen LogP contribution in [0.5, 0.6) is 0 Å². The molecule has 0 bridgehead atoms. The van der Waals surface area contributed by atoms with Crippen LogP contribution in [0, 0.1) is 0 Å². The summed E-state index contributed by atoms with van der Waals surface area (Å²) in [6, 6.07) is 3.82. The third-order valence-electron chi connectivity index (χ3n) is 3.26. The van der Waals surface area contributed by atoms with E-state index >= 15 is 0 Å². The average Bonchev–Trinajstić information content (AvgIpc) is 2.46. The SMILES string of the molecule is CN(CCc1ccncc1)S(=O)(=O)N1CCNCC1. The van der Waals surface area contributed by atoms with Crippen LogP contribution in [0.25, 0.3) is 0 Å². The Labute approximate surface area is 114 Å². The molecule has 1 aromatic rings. The van der Waals surface area contributed by atoms with E-state index < -0.39 is 10.2 Å². The van der Waals surface area contributed by atoms with Crippen LogP contribution in [0.1, 0.15) is 5.56 Å². The van der Waals surface area contributed by atoms with Crippen molar-refractivity contribution < 1.29 is 8.42 Å². The summed E-state index contributed by atoms with van der Waals surface area (Å²) >= 11 is 0. The van der Waals surface area contributed by atoms with Crippen LogP contribution in [0.2, 0.25) is 0 Å². The first-order valence-electron chi connectivity index (χ1n) is 6.42. The van der Waals surface area contributed by atoms with Crippen LogP contribution < -0.4 is 5.32 Å². The molecule has 0 aliphatic carbocycles. The minimum absolute atomic E-state index is 0.482. The maximum absolute atomic E-state index is 12.3. The van der Waals surface area contributed by atoms with E-state index in [4.69, 9.17) is 0 Å². The average molecular weight is 284 g/mol. The predicted octanol–water partition coefficient (Wildman–Crippen LogP) is -0.294. The smallest absolute Gasteiger partial charge is 0.281 e. The van der Waals surface area contributed by atoms with Crippen LogP contribution in [0.3, 0.4) is 0 Å². The zero-order valence-corrected chi connectivity index (χ0v) is 11.9. The molecule has 1 aliphatic rings. The van der Waals surface area contributed by atoms with Crippen molar-refractivity contribution in [2.24, 2.45) is 0 Å². The summed E-state index contributed by atoms with van der Waals surface area (Å²) in [6.07, 6.45) is 4.14. The van der Waals surface area contributed by atoms with E-state index in [9.17, 15) is 8.42 Å². The van der Waals surface area contributed by atoms with Gasteiger partial charge in [-0.2, -0.15) is 17.0 Å². The molecule has 1 N–H and O–H groups in total. The molecule has 1 aromatic heterocycles. The van der Waals surface area contributed by atoms with Crippen molar-refractivity contribution in [1.82, 2.24) is 18.9 Å². The Bertz CT molecular complexity index is 486. The molecule has 0 unspecified atom stereocenters. The normalized spacial score (nSPS) is 17.8. The lowest BCUT2D eigenvalue weighted by Gasteiger charge is -2.30. The zero-order chi connectivity index (χ0) is 13.7. The maximum Gasteiger partial charge on any atom is 0.281 e. The molecular formula is C12H20N4O2S. The van der Waals surface area contributed by atoms with Crippen molar-refractivity contribution in [2.45, 2.75) is 6.42 Å². The Hall–Kier alpha value is -1.02. The van der Waals surface area contributed by atoms with Crippen LogP contribution in [-0.2, 0) is 16.6 Å². The fourth-order valence-corrected chi connectivity index (χ4v) is 3.38. The van der Waals surface area contributed by atoms with Gasteiger partial charge in [0.25, 0.3) is 10.2 Å². The number of likely N-dealkylation sites (N-methyl/N-ethyl adjacent to an activating group) is 1. The summed E-state index contributed by atoms with van der Waals surface area (Å²) in [5.74, 6) is 0. The fraction of sp³-hybridized carbons (Fsp3) is 0.583. The molecule has 1 aliphatic heterocycles. The molecule has 1 saturated heterocycles. The molecule has 0 amide bonds. The Morgan fingerprint density at radius 1 is 1.32 bits per heavy atom. The van der Waals surface area contributed by atoms with Gasteiger partial charge in [-0.05, 0) is 24.1 Å². The first kappa shape index (κ1) is 14.4. The summed E-state index contributed by atoms with van der Waals surface area (Å²) in [6.45, 7) is 3.01. The summed E-state index contributed by atoms with van der Waals surface area (Å²) in [5.41, 5.74) is 1.09. The largest absolute Gasteiger partial charge is 0.314 e. The van der Waals surface area contributed by atoms with Gasteiger partial charge in [0.2, 0.25) is 0 Å². The minimum Gasteiger partial charge on any atom is -0.314 e. The molecule has 6 nitrogen and oxygen atoms in total. The molecule has 0 saturated carbocycles. The van der Waals surface area contributed by atoms with Crippen molar-refractivity contribution in [3.05, 3.63) is 30.1 Å². The number of piperazine rings is 1. The quantitative estimate of drug-likeness (QED) is 0.807. The van der Waals surface area contributed by atoms with Crippen molar-refractivity contribution in [2.75, 3.05) is 39.8 Å². The van der Waals surface area contributed by atoms with Crippen molar-refractivity contribution in [3.63, 3.8) is 0 Å². The van der Waals surface area contributed by atoms with Crippen molar-refractivity contribution >= 4 is 10.2 Å². The van der Waals surface area contributed by atoms with Gasteiger partial charge in [-0.1, -0.05) is 0 Å². The second-order valence-corrected chi connectivity index (χ2v) is 6.62.